The van der Waals surface area contributed by atoms with Crippen molar-refractivity contribution in [2.45, 2.75) is 32.9 Å². The van der Waals surface area contributed by atoms with Gasteiger partial charge in [-0.1, -0.05) is 17.7 Å². The van der Waals surface area contributed by atoms with Gasteiger partial charge in [-0.05, 0) is 44.0 Å². The Bertz CT molecular complexity index is 989. The van der Waals surface area contributed by atoms with E-state index in [0.29, 0.717) is 18.7 Å². The van der Waals surface area contributed by atoms with Crippen molar-refractivity contribution in [2.24, 2.45) is 0 Å². The van der Waals surface area contributed by atoms with E-state index in [9.17, 15) is 9.90 Å². The molecule has 0 bridgehead atoms. The summed E-state index contributed by atoms with van der Waals surface area (Å²) in [7, 11) is 1.74. The van der Waals surface area contributed by atoms with Crippen molar-refractivity contribution >= 4 is 16.8 Å². The van der Waals surface area contributed by atoms with E-state index in [2.05, 4.69) is 27.8 Å². The van der Waals surface area contributed by atoms with E-state index >= 15 is 0 Å². The molecule has 3 heterocycles. The summed E-state index contributed by atoms with van der Waals surface area (Å²) in [6.45, 7) is 5.02. The Hall–Kier alpha value is -2.66. The molecule has 0 saturated carbocycles. The molecule has 0 radical (unpaired) electrons. The Labute approximate surface area is 152 Å². The van der Waals surface area contributed by atoms with Crippen molar-refractivity contribution in [3.05, 3.63) is 64.6 Å². The summed E-state index contributed by atoms with van der Waals surface area (Å²) in [5, 5.41) is 11.6. The van der Waals surface area contributed by atoms with Crippen LogP contribution in [0, 0.1) is 13.8 Å². The van der Waals surface area contributed by atoms with Crippen LogP contribution in [0.15, 0.2) is 36.5 Å². The highest BCUT2D eigenvalue weighted by molar-refractivity contribution is 6.09. The van der Waals surface area contributed by atoms with Crippen molar-refractivity contribution in [1.82, 2.24) is 14.5 Å². The Kier molecular flexibility index (Phi) is 4.04. The number of carbonyl (C=O) groups excluding carboxylic acids is 1. The molecule has 0 spiro atoms. The van der Waals surface area contributed by atoms with Crippen molar-refractivity contribution < 1.29 is 9.90 Å². The molecule has 0 saturated heterocycles. The van der Waals surface area contributed by atoms with Crippen molar-refractivity contribution in [2.75, 3.05) is 13.6 Å². The molecule has 1 aromatic carbocycles. The molecule has 1 atom stereocenters. The normalized spacial score (nSPS) is 17.0. The Balaban J connectivity index is 1.82. The van der Waals surface area contributed by atoms with E-state index in [4.69, 9.17) is 0 Å². The van der Waals surface area contributed by atoms with Crippen molar-refractivity contribution in [3.8, 4) is 0 Å². The van der Waals surface area contributed by atoms with Gasteiger partial charge >= 0.3 is 0 Å². The highest BCUT2D eigenvalue weighted by Crippen LogP contribution is 2.35. The third-order valence-electron chi connectivity index (χ3n) is 5.18. The van der Waals surface area contributed by atoms with Crippen LogP contribution in [0.4, 0.5) is 0 Å². The number of likely N-dealkylation sites (N-methyl/N-ethyl adjacent to an activating group) is 1. The average Bonchev–Trinajstić information content (AvgIpc) is 2.93. The molecule has 1 aliphatic rings. The molecular weight excluding hydrogens is 326 g/mol. The summed E-state index contributed by atoms with van der Waals surface area (Å²) in [4.78, 5) is 18.8. The number of pyridine rings is 1. The second-order valence-electron chi connectivity index (χ2n) is 7.19. The zero-order chi connectivity index (χ0) is 18.4. The van der Waals surface area contributed by atoms with Crippen LogP contribution in [0.5, 0.6) is 0 Å². The van der Waals surface area contributed by atoms with Gasteiger partial charge < -0.3 is 14.6 Å². The number of β-amino-alcohol motifs (C(OH)–C–C–N with tert-alkyl or cyclic N) is 1. The summed E-state index contributed by atoms with van der Waals surface area (Å²) in [6.07, 6.45) is 2.03. The Morgan fingerprint density at radius 2 is 2.04 bits per heavy atom. The van der Waals surface area contributed by atoms with Gasteiger partial charge in [0, 0.05) is 36.4 Å². The number of benzene rings is 1. The zero-order valence-corrected chi connectivity index (χ0v) is 15.4. The Morgan fingerprint density at radius 1 is 1.23 bits per heavy atom. The number of aryl methyl sites for hydroxylation is 4. The lowest BCUT2D eigenvalue weighted by molar-refractivity contribution is 0.0600. The standard InChI is InChI=1S/C21H23N3O2/c1-13-4-7-17-16(10-13)19-20(18(25)12-23(3)21(19)26)24(17)9-8-15-6-5-14(2)22-11-15/h4-7,10-11,18,25H,8-9,12H2,1-3H3. The maximum Gasteiger partial charge on any atom is 0.256 e. The van der Waals surface area contributed by atoms with Crippen molar-refractivity contribution in [3.63, 3.8) is 0 Å². The average molecular weight is 349 g/mol. The largest absolute Gasteiger partial charge is 0.385 e. The molecule has 0 aliphatic carbocycles. The van der Waals surface area contributed by atoms with Gasteiger partial charge in [0.25, 0.3) is 5.91 Å². The molecule has 4 rings (SSSR count). The monoisotopic (exact) mass is 349 g/mol. The van der Waals surface area contributed by atoms with Crippen LogP contribution in [-0.2, 0) is 13.0 Å². The molecule has 2 aromatic heterocycles. The Morgan fingerprint density at radius 3 is 2.77 bits per heavy atom. The van der Waals surface area contributed by atoms with E-state index in [1.807, 2.05) is 32.2 Å². The highest BCUT2D eigenvalue weighted by atomic mass is 16.3. The summed E-state index contributed by atoms with van der Waals surface area (Å²) < 4.78 is 2.11. The molecule has 0 fully saturated rings. The molecular formula is C21H23N3O2. The number of fused-ring (bicyclic) bond motifs is 3. The maximum absolute atomic E-state index is 12.8. The first-order valence-corrected chi connectivity index (χ1v) is 8.93. The predicted molar refractivity (Wildman–Crippen MR) is 101 cm³/mol. The van der Waals surface area contributed by atoms with Gasteiger partial charge in [-0.2, -0.15) is 0 Å². The van der Waals surface area contributed by atoms with Crippen LogP contribution in [0.1, 0.15) is 39.0 Å². The van der Waals surface area contributed by atoms with Gasteiger partial charge in [0.15, 0.2) is 0 Å². The van der Waals surface area contributed by atoms with E-state index in [1.165, 1.54) is 0 Å². The van der Waals surface area contributed by atoms with E-state index in [1.54, 1.807) is 11.9 Å². The maximum atomic E-state index is 12.8. The fourth-order valence-electron chi connectivity index (χ4n) is 3.81. The molecule has 3 aromatic rings. The lowest BCUT2D eigenvalue weighted by atomic mass is 10.0. The smallest absolute Gasteiger partial charge is 0.256 e. The number of aromatic nitrogens is 2. The SMILES string of the molecule is Cc1ccc2c(c1)c1c(n2CCc2ccc(C)nc2)C(O)CN(C)C1=O. The molecule has 1 amide bonds. The first-order chi connectivity index (χ1) is 12.5. The molecule has 5 nitrogen and oxygen atoms in total. The summed E-state index contributed by atoms with van der Waals surface area (Å²) in [6, 6.07) is 10.2. The topological polar surface area (TPSA) is 58.4 Å². The van der Waals surface area contributed by atoms with Gasteiger partial charge in [0.2, 0.25) is 0 Å². The minimum Gasteiger partial charge on any atom is -0.385 e. The third-order valence-corrected chi connectivity index (χ3v) is 5.18. The van der Waals surface area contributed by atoms with Crippen LogP contribution in [-0.4, -0.2) is 39.1 Å². The number of rotatable bonds is 3. The molecule has 134 valence electrons. The minimum atomic E-state index is -0.670. The fraction of sp³-hybridized carbons (Fsp3) is 0.333. The lowest BCUT2D eigenvalue weighted by Crippen LogP contribution is -2.37. The number of aliphatic hydroxyl groups excluding tert-OH is 1. The second-order valence-corrected chi connectivity index (χ2v) is 7.19. The first kappa shape index (κ1) is 16.8. The van der Waals surface area contributed by atoms with Gasteiger partial charge in [0.05, 0.1) is 17.8 Å². The number of amides is 1. The summed E-state index contributed by atoms with van der Waals surface area (Å²) in [5.74, 6) is -0.0170. The highest BCUT2D eigenvalue weighted by Gasteiger charge is 2.34. The number of nitrogens with zero attached hydrogens (tertiary/aromatic N) is 3. The van der Waals surface area contributed by atoms with Crippen LogP contribution < -0.4 is 0 Å². The number of hydrogen-bond acceptors (Lipinski definition) is 3. The molecule has 26 heavy (non-hydrogen) atoms. The van der Waals surface area contributed by atoms with E-state index in [-0.39, 0.29) is 5.91 Å². The third kappa shape index (κ3) is 2.69. The van der Waals surface area contributed by atoms with E-state index in [0.717, 1.165) is 39.8 Å². The van der Waals surface area contributed by atoms with Gasteiger partial charge in [-0.15, -0.1) is 0 Å². The predicted octanol–water partition coefficient (Wildman–Crippen LogP) is 3.01. The lowest BCUT2D eigenvalue weighted by Gasteiger charge is -2.28. The van der Waals surface area contributed by atoms with Gasteiger partial charge in [-0.3, -0.25) is 9.78 Å². The minimum absolute atomic E-state index is 0.0170. The first-order valence-electron chi connectivity index (χ1n) is 8.93. The molecule has 1 N–H and O–H groups in total. The summed E-state index contributed by atoms with van der Waals surface area (Å²) >= 11 is 0. The quantitative estimate of drug-likeness (QED) is 0.791. The molecule has 1 aliphatic heterocycles. The number of aliphatic hydroxyl groups is 1. The number of hydrogen-bond donors (Lipinski definition) is 1. The number of carbonyl (C=O) groups is 1. The molecule has 1 unspecified atom stereocenters. The van der Waals surface area contributed by atoms with Crippen LogP contribution >= 0.6 is 0 Å². The van der Waals surface area contributed by atoms with Gasteiger partial charge in [0.1, 0.15) is 6.10 Å². The molecule has 5 heteroatoms. The zero-order valence-electron chi connectivity index (χ0n) is 15.4. The van der Waals surface area contributed by atoms with Crippen molar-refractivity contribution in [1.29, 1.82) is 0 Å². The summed E-state index contributed by atoms with van der Waals surface area (Å²) in [5.41, 5.74) is 5.64. The fourth-order valence-corrected chi connectivity index (χ4v) is 3.81. The van der Waals surface area contributed by atoms with Crippen LogP contribution in [0.3, 0.4) is 0 Å². The van der Waals surface area contributed by atoms with Crippen LogP contribution in [0.25, 0.3) is 10.9 Å². The van der Waals surface area contributed by atoms with Gasteiger partial charge in [-0.25, -0.2) is 0 Å². The second kappa shape index (κ2) is 6.25. The van der Waals surface area contributed by atoms with Crippen LogP contribution in [0.2, 0.25) is 0 Å². The van der Waals surface area contributed by atoms with E-state index < -0.39 is 6.10 Å².